The highest BCUT2D eigenvalue weighted by atomic mass is 35.5. The number of hydrogen-bond acceptors (Lipinski definition) is 8. The maximum atomic E-state index is 8.63. The molecule has 0 radical (unpaired) electrons. The Morgan fingerprint density at radius 3 is 1.06 bits per heavy atom. The topological polar surface area (TPSA) is 118 Å². The first-order chi connectivity index (χ1) is 30.3. The summed E-state index contributed by atoms with van der Waals surface area (Å²) in [5.74, 6) is 3.07. The molecular formula is C50H34BCl3N6O2. The Labute approximate surface area is 373 Å². The van der Waals surface area contributed by atoms with Gasteiger partial charge >= 0.3 is 7.12 Å². The van der Waals surface area contributed by atoms with Gasteiger partial charge in [0.05, 0.1) is 0 Å². The fraction of sp³-hybridized carbons (Fsp3) is 0. The molecule has 0 aliphatic rings. The number of benzene rings is 8. The molecule has 0 aliphatic carbocycles. The monoisotopic (exact) mass is 866 g/mol. The van der Waals surface area contributed by atoms with Crippen LogP contribution in [0.5, 0.6) is 0 Å². The highest BCUT2D eigenvalue weighted by molar-refractivity contribution is 6.58. The Kier molecular flexibility index (Phi) is 13.3. The SMILES string of the molecule is Clc1ccc(-c2nc(-c3ccccc3)nc(-c3ccc4ccccc4c3)n2)cc1.Clc1nc(-c2ccccc2)nc(-c2ccc3ccccc3c2)n1.OB(O)c1ccc(Cl)cc1. The molecule has 300 valence electrons. The van der Waals surface area contributed by atoms with Crippen LogP contribution < -0.4 is 5.46 Å². The van der Waals surface area contributed by atoms with Crippen LogP contribution in [0.2, 0.25) is 15.3 Å². The van der Waals surface area contributed by atoms with Crippen molar-refractivity contribution >= 4 is 68.9 Å². The van der Waals surface area contributed by atoms with Crippen molar-refractivity contribution < 1.29 is 10.0 Å². The Morgan fingerprint density at radius 1 is 0.306 bits per heavy atom. The minimum Gasteiger partial charge on any atom is -0.423 e. The first-order valence-electron chi connectivity index (χ1n) is 19.4. The van der Waals surface area contributed by atoms with E-state index in [-0.39, 0.29) is 5.28 Å². The van der Waals surface area contributed by atoms with Gasteiger partial charge in [0.2, 0.25) is 5.28 Å². The van der Waals surface area contributed by atoms with Gasteiger partial charge in [0.1, 0.15) is 0 Å². The molecule has 0 fully saturated rings. The van der Waals surface area contributed by atoms with Crippen molar-refractivity contribution in [2.24, 2.45) is 0 Å². The zero-order chi connectivity index (χ0) is 42.8. The number of halogens is 3. The maximum absolute atomic E-state index is 8.63. The summed E-state index contributed by atoms with van der Waals surface area (Å²) in [5, 5.41) is 23.4. The number of hydrogen-bond donors (Lipinski definition) is 2. The van der Waals surface area contributed by atoms with Crippen LogP contribution in [0.1, 0.15) is 0 Å². The van der Waals surface area contributed by atoms with E-state index in [1.54, 1.807) is 24.3 Å². The molecule has 2 N–H and O–H groups in total. The van der Waals surface area contributed by atoms with Gasteiger partial charge in [-0.3, -0.25) is 0 Å². The maximum Gasteiger partial charge on any atom is 0.488 e. The van der Waals surface area contributed by atoms with Gasteiger partial charge in [-0.15, -0.1) is 0 Å². The number of fused-ring (bicyclic) bond motifs is 2. The van der Waals surface area contributed by atoms with Gasteiger partial charge < -0.3 is 10.0 Å². The van der Waals surface area contributed by atoms with E-state index >= 15 is 0 Å². The lowest BCUT2D eigenvalue weighted by molar-refractivity contribution is 0.426. The molecule has 8 nitrogen and oxygen atoms in total. The summed E-state index contributed by atoms with van der Waals surface area (Å²) < 4.78 is 0. The summed E-state index contributed by atoms with van der Waals surface area (Å²) in [4.78, 5) is 27.4. The minimum absolute atomic E-state index is 0.196. The lowest BCUT2D eigenvalue weighted by atomic mass is 9.81. The van der Waals surface area contributed by atoms with Crippen molar-refractivity contribution in [1.82, 2.24) is 29.9 Å². The second-order valence-corrected chi connectivity index (χ2v) is 15.1. The standard InChI is InChI=1S/C25H16ClN3.C19H12ClN3.C6H6BClO2/c26-22-14-12-19(13-15-22)24-27-23(18-7-2-1-3-8-18)28-25(29-24)21-11-10-17-6-4-5-9-20(17)16-21;20-19-22-17(14-7-2-1-3-8-14)21-18(23-19)16-11-10-13-6-4-5-9-15(13)12-16;8-6-3-1-5(2-4-6)7(9)10/h1-16H;1-12H;1-4,9-10H. The molecule has 0 aliphatic heterocycles. The molecule has 0 saturated carbocycles. The van der Waals surface area contributed by atoms with Crippen LogP contribution in [0.3, 0.4) is 0 Å². The van der Waals surface area contributed by atoms with E-state index < -0.39 is 7.12 Å². The first kappa shape index (κ1) is 41.9. The Balaban J connectivity index is 0.000000143. The van der Waals surface area contributed by atoms with Crippen LogP contribution in [-0.4, -0.2) is 47.1 Å². The second-order valence-electron chi connectivity index (χ2n) is 13.8. The van der Waals surface area contributed by atoms with E-state index in [0.717, 1.165) is 38.6 Å². The molecule has 12 heteroatoms. The highest BCUT2D eigenvalue weighted by Crippen LogP contribution is 2.28. The Bertz CT molecular complexity index is 3090. The summed E-state index contributed by atoms with van der Waals surface area (Å²) in [6, 6.07) is 62.4. The summed E-state index contributed by atoms with van der Waals surface area (Å²) in [6.45, 7) is 0. The van der Waals surface area contributed by atoms with Gasteiger partial charge in [0, 0.05) is 37.9 Å². The minimum atomic E-state index is -1.41. The molecule has 62 heavy (non-hydrogen) atoms. The molecule has 8 aromatic carbocycles. The predicted molar refractivity (Wildman–Crippen MR) is 253 cm³/mol. The van der Waals surface area contributed by atoms with Crippen molar-refractivity contribution in [3.05, 3.63) is 209 Å². The van der Waals surface area contributed by atoms with Crippen molar-refractivity contribution in [3.8, 4) is 56.9 Å². The van der Waals surface area contributed by atoms with Gasteiger partial charge in [0.15, 0.2) is 29.1 Å². The summed E-state index contributed by atoms with van der Waals surface area (Å²) >= 11 is 17.7. The highest BCUT2D eigenvalue weighted by Gasteiger charge is 2.14. The summed E-state index contributed by atoms with van der Waals surface area (Å²) in [6.07, 6.45) is 0. The van der Waals surface area contributed by atoms with E-state index in [9.17, 15) is 0 Å². The molecule has 0 atom stereocenters. The van der Waals surface area contributed by atoms with Crippen LogP contribution in [-0.2, 0) is 0 Å². The molecule has 0 spiro atoms. The molecule has 2 aromatic heterocycles. The number of nitrogens with zero attached hydrogens (tertiary/aromatic N) is 6. The van der Waals surface area contributed by atoms with Crippen molar-refractivity contribution in [3.63, 3.8) is 0 Å². The smallest absolute Gasteiger partial charge is 0.423 e. The van der Waals surface area contributed by atoms with Gasteiger partial charge in [0.25, 0.3) is 0 Å². The summed E-state index contributed by atoms with van der Waals surface area (Å²) in [5.41, 5.74) is 5.09. The molecule has 2 heterocycles. The van der Waals surface area contributed by atoms with Crippen LogP contribution in [0.4, 0.5) is 0 Å². The van der Waals surface area contributed by atoms with Crippen molar-refractivity contribution in [2.45, 2.75) is 0 Å². The molecule has 10 aromatic rings. The third-order valence-electron chi connectivity index (χ3n) is 9.59. The quantitative estimate of drug-likeness (QED) is 0.159. The van der Waals surface area contributed by atoms with E-state index in [1.807, 2.05) is 115 Å². The normalized spacial score (nSPS) is 10.7. The molecule has 0 amide bonds. The average Bonchev–Trinajstić information content (AvgIpc) is 3.32. The van der Waals surface area contributed by atoms with Gasteiger partial charge in [-0.25, -0.2) is 19.9 Å². The van der Waals surface area contributed by atoms with E-state index in [4.69, 9.17) is 59.8 Å². The van der Waals surface area contributed by atoms with Crippen molar-refractivity contribution in [1.29, 1.82) is 0 Å². The fourth-order valence-corrected chi connectivity index (χ4v) is 6.85. The molecule has 0 saturated heterocycles. The lowest BCUT2D eigenvalue weighted by Gasteiger charge is -2.09. The van der Waals surface area contributed by atoms with Gasteiger partial charge in [-0.05, 0) is 87.1 Å². The van der Waals surface area contributed by atoms with Gasteiger partial charge in [-0.1, -0.05) is 169 Å². The molecule has 0 unspecified atom stereocenters. The first-order valence-corrected chi connectivity index (χ1v) is 20.5. The van der Waals surface area contributed by atoms with Crippen LogP contribution in [0.15, 0.2) is 194 Å². The second kappa shape index (κ2) is 19.7. The largest absolute Gasteiger partial charge is 0.488 e. The summed E-state index contributed by atoms with van der Waals surface area (Å²) in [7, 11) is -1.41. The third kappa shape index (κ3) is 10.5. The van der Waals surface area contributed by atoms with Gasteiger partial charge in [-0.2, -0.15) is 9.97 Å². The van der Waals surface area contributed by atoms with E-state index in [1.165, 1.54) is 10.8 Å². The zero-order valence-electron chi connectivity index (χ0n) is 32.8. The predicted octanol–water partition coefficient (Wildman–Crippen LogP) is 11.7. The molecular weight excluding hydrogens is 834 g/mol. The zero-order valence-corrected chi connectivity index (χ0v) is 35.0. The average molecular weight is 868 g/mol. The number of rotatable bonds is 6. The van der Waals surface area contributed by atoms with E-state index in [0.29, 0.717) is 44.6 Å². The Hall–Kier alpha value is -6.85. The third-order valence-corrected chi connectivity index (χ3v) is 10.3. The van der Waals surface area contributed by atoms with Crippen LogP contribution in [0.25, 0.3) is 78.5 Å². The van der Waals surface area contributed by atoms with E-state index in [2.05, 4.69) is 69.5 Å². The van der Waals surface area contributed by atoms with Crippen LogP contribution in [0, 0.1) is 0 Å². The van der Waals surface area contributed by atoms with Crippen molar-refractivity contribution in [2.75, 3.05) is 0 Å². The lowest BCUT2D eigenvalue weighted by Crippen LogP contribution is -2.29. The van der Waals surface area contributed by atoms with Crippen LogP contribution >= 0.6 is 34.8 Å². The Morgan fingerprint density at radius 2 is 0.629 bits per heavy atom. The molecule has 10 rings (SSSR count). The number of aromatic nitrogens is 6. The molecule has 0 bridgehead atoms. The fourth-order valence-electron chi connectivity index (χ4n) is 6.44.